The van der Waals surface area contributed by atoms with Crippen molar-refractivity contribution in [3.8, 4) is 6.07 Å². The Hall–Kier alpha value is -4.49. The number of hydrogen-bond donors (Lipinski definition) is 3. The monoisotopic (exact) mass is 439 g/mol. The average Bonchev–Trinajstić information content (AvgIpc) is 3.28. The number of hydrogen-bond acceptors (Lipinski definition) is 9. The molecular formula is C23H21N9O. The smallest absolute Gasteiger partial charge is 0.250 e. The Kier molecular flexibility index (Phi) is 5.77. The molecule has 0 amide bonds. The van der Waals surface area contributed by atoms with E-state index in [1.807, 2.05) is 35.4 Å². The van der Waals surface area contributed by atoms with E-state index in [0.29, 0.717) is 49.7 Å². The maximum atomic E-state index is 9.00. The van der Waals surface area contributed by atoms with Gasteiger partial charge in [-0.05, 0) is 30.3 Å². The van der Waals surface area contributed by atoms with Crippen molar-refractivity contribution in [2.24, 2.45) is 5.10 Å². The summed E-state index contributed by atoms with van der Waals surface area (Å²) < 4.78 is 5.44. The van der Waals surface area contributed by atoms with Gasteiger partial charge < -0.3 is 19.9 Å². The first-order chi connectivity index (χ1) is 16.3. The molecule has 1 aliphatic heterocycles. The van der Waals surface area contributed by atoms with Crippen LogP contribution in [-0.4, -0.2) is 52.5 Å². The Morgan fingerprint density at radius 1 is 1.03 bits per heavy atom. The highest BCUT2D eigenvalue weighted by Gasteiger charge is 2.16. The third-order valence-electron chi connectivity index (χ3n) is 5.18. The summed E-state index contributed by atoms with van der Waals surface area (Å²) in [5.41, 5.74) is 6.27. The molecule has 164 valence electrons. The molecule has 0 bridgehead atoms. The van der Waals surface area contributed by atoms with Crippen LogP contribution in [0.1, 0.15) is 11.1 Å². The molecule has 0 radical (unpaired) electrons. The summed E-state index contributed by atoms with van der Waals surface area (Å²) in [4.78, 5) is 18.8. The minimum Gasteiger partial charge on any atom is -0.378 e. The summed E-state index contributed by atoms with van der Waals surface area (Å²) in [5, 5.41) is 17.6. The van der Waals surface area contributed by atoms with Crippen LogP contribution in [0, 0.1) is 11.3 Å². The van der Waals surface area contributed by atoms with Crippen molar-refractivity contribution in [3.05, 3.63) is 65.9 Å². The van der Waals surface area contributed by atoms with Crippen LogP contribution in [0.15, 0.2) is 59.8 Å². The molecule has 1 saturated heterocycles. The van der Waals surface area contributed by atoms with Crippen LogP contribution in [0.5, 0.6) is 0 Å². The highest BCUT2D eigenvalue weighted by molar-refractivity contribution is 5.99. The van der Waals surface area contributed by atoms with Gasteiger partial charge in [-0.15, -0.1) is 0 Å². The van der Waals surface area contributed by atoms with Gasteiger partial charge in [0.25, 0.3) is 0 Å². The van der Waals surface area contributed by atoms with Gasteiger partial charge in [0.05, 0.1) is 31.1 Å². The van der Waals surface area contributed by atoms with Crippen LogP contribution in [0.25, 0.3) is 10.9 Å². The summed E-state index contributed by atoms with van der Waals surface area (Å²) >= 11 is 0. The predicted octanol–water partition coefficient (Wildman–Crippen LogP) is 3.25. The lowest BCUT2D eigenvalue weighted by atomic mass is 10.2. The quantitative estimate of drug-likeness (QED) is 0.309. The average molecular weight is 439 g/mol. The molecule has 0 unspecified atom stereocenters. The lowest BCUT2D eigenvalue weighted by molar-refractivity contribution is 0.122. The number of nitriles is 1. The van der Waals surface area contributed by atoms with Crippen LogP contribution in [0.2, 0.25) is 0 Å². The van der Waals surface area contributed by atoms with Crippen LogP contribution >= 0.6 is 0 Å². The van der Waals surface area contributed by atoms with E-state index in [9.17, 15) is 0 Å². The van der Waals surface area contributed by atoms with Crippen molar-refractivity contribution < 1.29 is 4.74 Å². The van der Waals surface area contributed by atoms with E-state index in [-0.39, 0.29) is 0 Å². The molecule has 0 saturated carbocycles. The number of benzene rings is 2. The topological polar surface area (TPSA) is 127 Å². The maximum Gasteiger partial charge on any atom is 0.250 e. The Morgan fingerprint density at radius 3 is 2.64 bits per heavy atom. The van der Waals surface area contributed by atoms with Gasteiger partial charge in [-0.3, -0.25) is 0 Å². The number of fused-ring (bicyclic) bond motifs is 1. The fourth-order valence-corrected chi connectivity index (χ4v) is 3.49. The number of nitrogens with one attached hydrogen (secondary N) is 3. The fourth-order valence-electron chi connectivity index (χ4n) is 3.49. The summed E-state index contributed by atoms with van der Waals surface area (Å²) in [6, 6.07) is 17.2. The van der Waals surface area contributed by atoms with Gasteiger partial charge >= 0.3 is 0 Å². The maximum absolute atomic E-state index is 9.00. The second-order valence-electron chi connectivity index (χ2n) is 7.36. The lowest BCUT2D eigenvalue weighted by Crippen LogP contribution is -2.37. The summed E-state index contributed by atoms with van der Waals surface area (Å²) in [5.74, 6) is 1.23. The number of hydrazone groups is 1. The third kappa shape index (κ3) is 4.73. The Bertz CT molecular complexity index is 1320. The van der Waals surface area contributed by atoms with E-state index < -0.39 is 0 Å². The van der Waals surface area contributed by atoms with Crippen molar-refractivity contribution in [3.63, 3.8) is 0 Å². The first-order valence-electron chi connectivity index (χ1n) is 10.5. The van der Waals surface area contributed by atoms with Crippen LogP contribution < -0.4 is 15.6 Å². The molecule has 2 aromatic heterocycles. The molecule has 1 aliphatic rings. The lowest BCUT2D eigenvalue weighted by Gasteiger charge is -2.27. The number of nitrogens with zero attached hydrogens (tertiary/aromatic N) is 6. The zero-order chi connectivity index (χ0) is 22.5. The zero-order valence-corrected chi connectivity index (χ0v) is 17.7. The molecule has 33 heavy (non-hydrogen) atoms. The van der Waals surface area contributed by atoms with Crippen molar-refractivity contribution in [2.45, 2.75) is 0 Å². The van der Waals surface area contributed by atoms with Crippen molar-refractivity contribution >= 4 is 40.6 Å². The summed E-state index contributed by atoms with van der Waals surface area (Å²) in [7, 11) is 0. The normalized spacial score (nSPS) is 13.8. The third-order valence-corrected chi connectivity index (χ3v) is 5.18. The zero-order valence-electron chi connectivity index (χ0n) is 17.7. The van der Waals surface area contributed by atoms with Gasteiger partial charge in [0.15, 0.2) is 0 Å². The van der Waals surface area contributed by atoms with Gasteiger partial charge in [-0.2, -0.15) is 25.3 Å². The summed E-state index contributed by atoms with van der Waals surface area (Å²) in [6.45, 7) is 2.62. The van der Waals surface area contributed by atoms with E-state index in [1.54, 1.807) is 30.5 Å². The largest absolute Gasteiger partial charge is 0.378 e. The molecule has 5 rings (SSSR count). The van der Waals surface area contributed by atoms with Crippen LogP contribution in [0.4, 0.5) is 23.5 Å². The standard InChI is InChI=1S/C23H21N9O/c24-13-16-5-7-18(8-6-16)27-21-28-22(30-23(29-21)32-9-11-33-12-10-32)31-26-15-17-14-25-20-4-2-1-3-19(17)20/h1-8,14-15,25H,9-12H2,(H2,27,28,29,30,31)/b26-15+. The fraction of sp³-hybridized carbons (Fsp3) is 0.174. The van der Waals surface area contributed by atoms with Gasteiger partial charge in [0.1, 0.15) is 0 Å². The predicted molar refractivity (Wildman–Crippen MR) is 127 cm³/mol. The van der Waals surface area contributed by atoms with E-state index in [0.717, 1.165) is 22.2 Å². The van der Waals surface area contributed by atoms with E-state index in [2.05, 4.69) is 41.8 Å². The summed E-state index contributed by atoms with van der Waals surface area (Å²) in [6.07, 6.45) is 3.63. The Labute approximate surface area is 190 Å². The molecular weight excluding hydrogens is 418 g/mol. The van der Waals surface area contributed by atoms with Gasteiger partial charge in [-0.1, -0.05) is 18.2 Å². The van der Waals surface area contributed by atoms with Crippen LogP contribution in [0.3, 0.4) is 0 Å². The Balaban J connectivity index is 1.39. The highest BCUT2D eigenvalue weighted by Crippen LogP contribution is 2.20. The molecule has 2 aromatic carbocycles. The van der Waals surface area contributed by atoms with Gasteiger partial charge in [0.2, 0.25) is 17.8 Å². The first kappa shape index (κ1) is 20.4. The van der Waals surface area contributed by atoms with Crippen molar-refractivity contribution in [2.75, 3.05) is 41.9 Å². The molecule has 10 heteroatoms. The number of para-hydroxylation sites is 1. The highest BCUT2D eigenvalue weighted by atomic mass is 16.5. The molecule has 3 N–H and O–H groups in total. The van der Waals surface area contributed by atoms with Gasteiger partial charge in [0, 0.05) is 41.4 Å². The molecule has 1 fully saturated rings. The number of H-pyrrole nitrogens is 1. The Morgan fingerprint density at radius 2 is 1.82 bits per heavy atom. The second kappa shape index (κ2) is 9.33. The minimum atomic E-state index is 0.318. The number of aromatic amines is 1. The number of anilines is 4. The van der Waals surface area contributed by atoms with Crippen molar-refractivity contribution in [1.82, 2.24) is 19.9 Å². The first-order valence-corrected chi connectivity index (χ1v) is 10.5. The number of ether oxygens (including phenoxy) is 1. The number of rotatable bonds is 6. The molecule has 10 nitrogen and oxygen atoms in total. The van der Waals surface area contributed by atoms with Crippen molar-refractivity contribution in [1.29, 1.82) is 5.26 Å². The number of morpholine rings is 1. The van der Waals surface area contributed by atoms with E-state index >= 15 is 0 Å². The van der Waals surface area contributed by atoms with Crippen LogP contribution in [-0.2, 0) is 4.74 Å². The minimum absolute atomic E-state index is 0.318. The molecule has 0 atom stereocenters. The molecule has 0 aliphatic carbocycles. The second-order valence-corrected chi connectivity index (χ2v) is 7.36. The molecule has 4 aromatic rings. The number of aromatic nitrogens is 4. The van der Waals surface area contributed by atoms with E-state index in [1.165, 1.54) is 0 Å². The molecule has 0 spiro atoms. The molecule has 3 heterocycles. The van der Waals surface area contributed by atoms with E-state index in [4.69, 9.17) is 10.00 Å². The van der Waals surface area contributed by atoms with Gasteiger partial charge in [-0.25, -0.2) is 5.43 Å². The SMILES string of the molecule is N#Cc1ccc(Nc2nc(N/N=C/c3c[nH]c4ccccc34)nc(N3CCOCC3)n2)cc1.